The smallest absolute Gasteiger partial charge is 0.347 e. The molecule has 0 aliphatic carbocycles. The molecule has 0 radical (unpaired) electrons. The molecule has 1 rings (SSSR count). The van der Waals surface area contributed by atoms with E-state index in [9.17, 15) is 22.8 Å². The molecule has 3 atom stereocenters. The average molecular weight is 307 g/mol. The molecule has 0 spiro atoms. The Morgan fingerprint density at radius 1 is 1.35 bits per heavy atom. The molecule has 20 heavy (non-hydrogen) atoms. The lowest BCUT2D eigenvalue weighted by atomic mass is 9.95. The van der Waals surface area contributed by atoms with Crippen LogP contribution in [0.1, 0.15) is 20.3 Å². The molecule has 1 aliphatic rings. The number of cyclic esters (lactones) is 1. The minimum atomic E-state index is -3.68. The van der Waals surface area contributed by atoms with Gasteiger partial charge in [0.15, 0.2) is 0 Å². The highest BCUT2D eigenvalue weighted by molar-refractivity contribution is 7.89. The normalized spacial score (nSPS) is 21.8. The quantitative estimate of drug-likeness (QED) is 0.660. The van der Waals surface area contributed by atoms with Crippen molar-refractivity contribution in [1.82, 2.24) is 4.72 Å². The molecular weight excluding hydrogens is 290 g/mol. The van der Waals surface area contributed by atoms with Gasteiger partial charge in [0.05, 0.1) is 18.8 Å². The minimum Gasteiger partial charge on any atom is -0.463 e. The summed E-state index contributed by atoms with van der Waals surface area (Å²) in [5, 5.41) is 0. The Morgan fingerprint density at radius 3 is 2.40 bits per heavy atom. The number of sulfonamides is 1. The van der Waals surface area contributed by atoms with Gasteiger partial charge in [0.25, 0.3) is 0 Å². The zero-order valence-electron chi connectivity index (χ0n) is 11.4. The van der Waals surface area contributed by atoms with Crippen molar-refractivity contribution in [2.24, 2.45) is 11.8 Å². The first-order valence-electron chi connectivity index (χ1n) is 6.00. The van der Waals surface area contributed by atoms with E-state index >= 15 is 0 Å². The lowest BCUT2D eigenvalue weighted by molar-refractivity contribution is -0.164. The molecule has 1 amide bonds. The Kier molecular flexibility index (Phi) is 5.09. The molecule has 9 heteroatoms. The van der Waals surface area contributed by atoms with E-state index in [1.54, 1.807) is 4.72 Å². The maximum atomic E-state index is 11.8. The highest BCUT2D eigenvalue weighted by Crippen LogP contribution is 2.17. The van der Waals surface area contributed by atoms with Gasteiger partial charge < -0.3 is 9.47 Å². The summed E-state index contributed by atoms with van der Waals surface area (Å²) >= 11 is 0. The largest absolute Gasteiger partial charge is 0.463 e. The van der Waals surface area contributed by atoms with E-state index in [1.807, 2.05) is 0 Å². The van der Waals surface area contributed by atoms with Gasteiger partial charge in [0.2, 0.25) is 22.0 Å². The van der Waals surface area contributed by atoms with Crippen molar-refractivity contribution in [2.45, 2.75) is 26.4 Å². The van der Waals surface area contributed by atoms with Crippen LogP contribution in [0.4, 0.5) is 0 Å². The monoisotopic (exact) mass is 307 g/mol. The molecular formula is C11H17NO7S. The molecule has 1 saturated heterocycles. The summed E-state index contributed by atoms with van der Waals surface area (Å²) in [5.41, 5.74) is 0. The zero-order valence-corrected chi connectivity index (χ0v) is 12.2. The number of hydrogen-bond acceptors (Lipinski definition) is 7. The Hall–Kier alpha value is -1.64. The molecule has 114 valence electrons. The van der Waals surface area contributed by atoms with E-state index in [4.69, 9.17) is 4.74 Å². The molecule has 1 heterocycles. The summed E-state index contributed by atoms with van der Waals surface area (Å²) in [5.74, 6) is -3.95. The van der Waals surface area contributed by atoms with Crippen LogP contribution in [-0.2, 0) is 33.9 Å². The Bertz CT molecular complexity index is 513. The van der Waals surface area contributed by atoms with Gasteiger partial charge in [-0.25, -0.2) is 13.2 Å². The standard InChI is InChI=1S/C11H17NO7S/c1-6(9(13)12-20(3,16)17)7(2)10(14)19-8-4-5-18-11(8)15/h6-8H,4-5H2,1-3H3,(H,12,13). The number of amides is 1. The van der Waals surface area contributed by atoms with Crippen LogP contribution in [0.25, 0.3) is 0 Å². The van der Waals surface area contributed by atoms with Crippen LogP contribution in [-0.4, -0.2) is 45.2 Å². The lowest BCUT2D eigenvalue weighted by Gasteiger charge is -2.19. The van der Waals surface area contributed by atoms with E-state index in [-0.39, 0.29) is 13.0 Å². The summed E-state index contributed by atoms with van der Waals surface area (Å²) in [7, 11) is -3.68. The molecule has 1 N–H and O–H groups in total. The van der Waals surface area contributed by atoms with Gasteiger partial charge in [-0.2, -0.15) is 0 Å². The summed E-state index contributed by atoms with van der Waals surface area (Å²) < 4.78 is 33.3. The molecule has 0 bridgehead atoms. The molecule has 0 aromatic carbocycles. The maximum absolute atomic E-state index is 11.8. The summed E-state index contributed by atoms with van der Waals surface area (Å²) in [4.78, 5) is 34.6. The highest BCUT2D eigenvalue weighted by Gasteiger charge is 2.35. The molecule has 1 fully saturated rings. The molecule has 0 saturated carbocycles. The number of carbonyl (C=O) groups is 3. The van der Waals surface area contributed by atoms with Crippen molar-refractivity contribution in [3.63, 3.8) is 0 Å². The van der Waals surface area contributed by atoms with E-state index in [1.165, 1.54) is 13.8 Å². The summed E-state index contributed by atoms with van der Waals surface area (Å²) in [6.07, 6.45) is 0.172. The molecule has 8 nitrogen and oxygen atoms in total. The molecule has 0 aromatic heterocycles. The van der Waals surface area contributed by atoms with Crippen molar-refractivity contribution in [2.75, 3.05) is 12.9 Å². The van der Waals surface area contributed by atoms with Crippen LogP contribution in [0.3, 0.4) is 0 Å². The van der Waals surface area contributed by atoms with Crippen molar-refractivity contribution in [1.29, 1.82) is 0 Å². The van der Waals surface area contributed by atoms with Gasteiger partial charge in [0, 0.05) is 12.3 Å². The van der Waals surface area contributed by atoms with Gasteiger partial charge in [-0.05, 0) is 0 Å². The topological polar surface area (TPSA) is 116 Å². The van der Waals surface area contributed by atoms with Crippen molar-refractivity contribution >= 4 is 27.9 Å². The van der Waals surface area contributed by atoms with E-state index in [2.05, 4.69) is 4.74 Å². The second-order valence-corrected chi connectivity index (χ2v) is 6.45. The van der Waals surface area contributed by atoms with Crippen molar-refractivity contribution in [3.8, 4) is 0 Å². The van der Waals surface area contributed by atoms with Crippen LogP contribution in [0.2, 0.25) is 0 Å². The highest BCUT2D eigenvalue weighted by atomic mass is 32.2. The number of hydrogen-bond donors (Lipinski definition) is 1. The Morgan fingerprint density at radius 2 is 1.95 bits per heavy atom. The van der Waals surface area contributed by atoms with Gasteiger partial charge in [-0.3, -0.25) is 14.3 Å². The van der Waals surface area contributed by atoms with Gasteiger partial charge in [-0.15, -0.1) is 0 Å². The van der Waals surface area contributed by atoms with Crippen LogP contribution < -0.4 is 4.72 Å². The average Bonchev–Trinajstić information content (AvgIpc) is 2.70. The first kappa shape index (κ1) is 16.4. The number of carbonyl (C=O) groups excluding carboxylic acids is 3. The third kappa shape index (κ3) is 4.48. The van der Waals surface area contributed by atoms with Gasteiger partial charge in [-0.1, -0.05) is 13.8 Å². The second-order valence-electron chi connectivity index (χ2n) is 4.70. The van der Waals surface area contributed by atoms with E-state index in [0.717, 1.165) is 6.26 Å². The third-order valence-electron chi connectivity index (χ3n) is 2.97. The fraction of sp³-hybridized carbons (Fsp3) is 0.727. The zero-order chi connectivity index (χ0) is 15.5. The first-order chi connectivity index (χ1) is 9.11. The first-order valence-corrected chi connectivity index (χ1v) is 7.89. The molecule has 1 aliphatic heterocycles. The number of esters is 2. The minimum absolute atomic E-state index is 0.190. The number of rotatable bonds is 5. The third-order valence-corrected chi connectivity index (χ3v) is 3.54. The number of nitrogens with one attached hydrogen (secondary N) is 1. The van der Waals surface area contributed by atoms with Crippen LogP contribution in [0.15, 0.2) is 0 Å². The predicted molar refractivity (Wildman–Crippen MR) is 66.8 cm³/mol. The SMILES string of the molecule is CC(C(=O)NS(C)(=O)=O)C(C)C(=O)OC1CCOC1=O. The van der Waals surface area contributed by atoms with Crippen LogP contribution in [0, 0.1) is 11.8 Å². The Labute approximate surface area is 116 Å². The van der Waals surface area contributed by atoms with Crippen LogP contribution >= 0.6 is 0 Å². The fourth-order valence-corrected chi connectivity index (χ4v) is 2.09. The Balaban J connectivity index is 2.59. The molecule has 3 unspecified atom stereocenters. The predicted octanol–water partition coefficient (Wildman–Crippen LogP) is -0.807. The molecule has 0 aromatic rings. The van der Waals surface area contributed by atoms with Gasteiger partial charge in [0.1, 0.15) is 0 Å². The fourth-order valence-electron chi connectivity index (χ4n) is 1.54. The lowest BCUT2D eigenvalue weighted by Crippen LogP contribution is -2.39. The van der Waals surface area contributed by atoms with Crippen molar-refractivity contribution < 1.29 is 32.3 Å². The summed E-state index contributed by atoms with van der Waals surface area (Å²) in [6, 6.07) is 0. The van der Waals surface area contributed by atoms with Gasteiger partial charge >= 0.3 is 11.9 Å². The second kappa shape index (κ2) is 6.21. The maximum Gasteiger partial charge on any atom is 0.347 e. The van der Waals surface area contributed by atoms with Crippen molar-refractivity contribution in [3.05, 3.63) is 0 Å². The number of ether oxygens (including phenoxy) is 2. The summed E-state index contributed by atoms with van der Waals surface area (Å²) in [6.45, 7) is 3.02. The van der Waals surface area contributed by atoms with E-state index in [0.29, 0.717) is 0 Å². The van der Waals surface area contributed by atoms with E-state index < -0.39 is 45.8 Å². The van der Waals surface area contributed by atoms with Crippen LogP contribution in [0.5, 0.6) is 0 Å².